The molecular weight excluding hydrogens is 324 g/mol. The highest BCUT2D eigenvalue weighted by molar-refractivity contribution is 7.11. The second kappa shape index (κ2) is 7.92. The van der Waals surface area contributed by atoms with Gasteiger partial charge in [0.15, 0.2) is 0 Å². The number of thiophene rings is 1. The Morgan fingerprint density at radius 3 is 3.04 bits per heavy atom. The van der Waals surface area contributed by atoms with Crippen molar-refractivity contribution in [1.29, 1.82) is 0 Å². The summed E-state index contributed by atoms with van der Waals surface area (Å²) in [6, 6.07) is 6.51. The average Bonchev–Trinajstić information content (AvgIpc) is 3.07. The number of fused-ring (bicyclic) bond motifs is 1. The summed E-state index contributed by atoms with van der Waals surface area (Å²) in [5.74, 6) is -0.115. The van der Waals surface area contributed by atoms with Gasteiger partial charge in [0.2, 0.25) is 5.91 Å². The Hall–Kier alpha value is -1.70. The molecule has 0 unspecified atom stereocenters. The molecule has 2 aromatic heterocycles. The van der Waals surface area contributed by atoms with Crippen LogP contribution < -0.4 is 5.32 Å². The van der Waals surface area contributed by atoms with Crippen molar-refractivity contribution in [3.63, 3.8) is 0 Å². The fraction of sp³-hybridized carbons (Fsp3) is 0.529. The molecule has 0 saturated heterocycles. The van der Waals surface area contributed by atoms with Gasteiger partial charge in [0.05, 0.1) is 17.9 Å². The largest absolute Gasteiger partial charge is 0.375 e. The topological polar surface area (TPSA) is 59.4 Å². The minimum atomic E-state index is -0.115. The summed E-state index contributed by atoms with van der Waals surface area (Å²) in [5.41, 5.74) is 2.13. The Balaban J connectivity index is 1.61. The number of hydrogen-bond acceptors (Lipinski definition) is 5. The first-order chi connectivity index (χ1) is 11.6. The van der Waals surface area contributed by atoms with Gasteiger partial charge in [0.25, 0.3) is 0 Å². The molecule has 130 valence electrons. The maximum Gasteiger partial charge on any atom is 0.246 e. The molecule has 0 atom stereocenters. The maximum atomic E-state index is 11.5. The highest BCUT2D eigenvalue weighted by Crippen LogP contribution is 2.20. The SMILES string of the molecule is COCC(=O)NCc1cc2n(n1)CCCN(Cc1ccc(C)s1)C2. The van der Waals surface area contributed by atoms with Crippen molar-refractivity contribution in [2.24, 2.45) is 0 Å². The van der Waals surface area contributed by atoms with Gasteiger partial charge in [-0.15, -0.1) is 11.3 Å². The van der Waals surface area contributed by atoms with Gasteiger partial charge in [-0.2, -0.15) is 5.10 Å². The lowest BCUT2D eigenvalue weighted by Crippen LogP contribution is -2.26. The summed E-state index contributed by atoms with van der Waals surface area (Å²) in [7, 11) is 1.52. The van der Waals surface area contributed by atoms with Crippen LogP contribution in [0.4, 0.5) is 0 Å². The predicted octanol–water partition coefficient (Wildman–Crippen LogP) is 1.92. The molecule has 0 spiro atoms. The molecule has 1 aliphatic rings. The Labute approximate surface area is 146 Å². The first-order valence-electron chi connectivity index (χ1n) is 8.23. The molecule has 3 heterocycles. The third kappa shape index (κ3) is 4.43. The molecule has 1 aliphatic heterocycles. The molecule has 2 aromatic rings. The Morgan fingerprint density at radius 1 is 1.42 bits per heavy atom. The fourth-order valence-corrected chi connectivity index (χ4v) is 3.90. The van der Waals surface area contributed by atoms with Crippen LogP contribution in [0.2, 0.25) is 0 Å². The molecule has 0 fully saturated rings. The minimum Gasteiger partial charge on any atom is -0.375 e. The lowest BCUT2D eigenvalue weighted by molar-refractivity contribution is -0.124. The van der Waals surface area contributed by atoms with Gasteiger partial charge < -0.3 is 10.1 Å². The molecule has 1 amide bonds. The summed E-state index contributed by atoms with van der Waals surface area (Å²) < 4.78 is 6.90. The van der Waals surface area contributed by atoms with Crippen LogP contribution in [0.3, 0.4) is 0 Å². The molecule has 0 radical (unpaired) electrons. The van der Waals surface area contributed by atoms with Gasteiger partial charge in [-0.25, -0.2) is 0 Å². The van der Waals surface area contributed by atoms with Gasteiger partial charge >= 0.3 is 0 Å². The molecule has 0 aliphatic carbocycles. The number of amides is 1. The van der Waals surface area contributed by atoms with Gasteiger partial charge in [0, 0.05) is 43.0 Å². The second-order valence-electron chi connectivity index (χ2n) is 6.14. The monoisotopic (exact) mass is 348 g/mol. The standard InChI is InChI=1S/C17H24N4O2S/c1-13-4-5-16(24-13)11-20-6-3-7-21-15(10-20)8-14(19-21)9-18-17(22)12-23-2/h4-5,8H,3,6-7,9-12H2,1-2H3,(H,18,22). The quantitative estimate of drug-likeness (QED) is 0.866. The van der Waals surface area contributed by atoms with E-state index in [4.69, 9.17) is 4.74 Å². The van der Waals surface area contributed by atoms with E-state index in [0.29, 0.717) is 6.54 Å². The van der Waals surface area contributed by atoms with E-state index >= 15 is 0 Å². The van der Waals surface area contributed by atoms with E-state index in [1.54, 1.807) is 0 Å². The number of rotatable bonds is 6. The van der Waals surface area contributed by atoms with Crippen molar-refractivity contribution in [2.45, 2.75) is 39.5 Å². The Bertz CT molecular complexity index is 695. The first kappa shape index (κ1) is 17.1. The first-order valence-corrected chi connectivity index (χ1v) is 9.04. The minimum absolute atomic E-state index is 0.0849. The lowest BCUT2D eigenvalue weighted by Gasteiger charge is -2.18. The Morgan fingerprint density at radius 2 is 2.29 bits per heavy atom. The highest BCUT2D eigenvalue weighted by Gasteiger charge is 2.17. The summed E-state index contributed by atoms with van der Waals surface area (Å²) in [6.45, 7) is 6.59. The number of methoxy groups -OCH3 is 1. The smallest absolute Gasteiger partial charge is 0.246 e. The highest BCUT2D eigenvalue weighted by atomic mass is 32.1. The van der Waals surface area contributed by atoms with Crippen LogP contribution in [0, 0.1) is 6.92 Å². The van der Waals surface area contributed by atoms with Crippen LogP contribution in [0.25, 0.3) is 0 Å². The van der Waals surface area contributed by atoms with E-state index in [2.05, 4.69) is 45.1 Å². The van der Waals surface area contributed by atoms with E-state index < -0.39 is 0 Å². The number of carbonyl (C=O) groups excluding carboxylic acids is 1. The molecule has 24 heavy (non-hydrogen) atoms. The van der Waals surface area contributed by atoms with E-state index in [0.717, 1.165) is 38.3 Å². The van der Waals surface area contributed by atoms with Gasteiger partial charge in [-0.05, 0) is 31.5 Å². The van der Waals surface area contributed by atoms with Crippen LogP contribution in [0.15, 0.2) is 18.2 Å². The predicted molar refractivity (Wildman–Crippen MR) is 93.7 cm³/mol. The van der Waals surface area contributed by atoms with Crippen molar-refractivity contribution in [3.8, 4) is 0 Å². The molecule has 6 nitrogen and oxygen atoms in total. The number of aromatic nitrogens is 2. The molecule has 0 bridgehead atoms. The number of hydrogen-bond donors (Lipinski definition) is 1. The lowest BCUT2D eigenvalue weighted by atomic mass is 10.3. The van der Waals surface area contributed by atoms with Gasteiger partial charge in [0.1, 0.15) is 6.61 Å². The van der Waals surface area contributed by atoms with Crippen LogP contribution in [-0.4, -0.2) is 40.8 Å². The molecule has 0 aromatic carbocycles. The summed E-state index contributed by atoms with van der Waals surface area (Å²) in [6.07, 6.45) is 1.09. The summed E-state index contributed by atoms with van der Waals surface area (Å²) in [5, 5.41) is 7.45. The van der Waals surface area contributed by atoms with Gasteiger partial charge in [-0.3, -0.25) is 14.4 Å². The van der Waals surface area contributed by atoms with E-state index in [1.165, 1.54) is 22.6 Å². The van der Waals surface area contributed by atoms with Crippen LogP contribution in [-0.2, 0) is 35.7 Å². The average molecular weight is 348 g/mol. The van der Waals surface area contributed by atoms with Crippen molar-refractivity contribution in [3.05, 3.63) is 39.3 Å². The number of ether oxygens (including phenoxy) is 1. The van der Waals surface area contributed by atoms with Crippen molar-refractivity contribution in [2.75, 3.05) is 20.3 Å². The molecule has 3 rings (SSSR count). The Kier molecular flexibility index (Phi) is 5.65. The molecular formula is C17H24N4O2S. The third-order valence-electron chi connectivity index (χ3n) is 4.06. The van der Waals surface area contributed by atoms with Crippen molar-refractivity contribution < 1.29 is 9.53 Å². The van der Waals surface area contributed by atoms with E-state index in [-0.39, 0.29) is 12.5 Å². The summed E-state index contributed by atoms with van der Waals surface area (Å²) in [4.78, 5) is 16.7. The van der Waals surface area contributed by atoms with E-state index in [1.807, 2.05) is 11.3 Å². The maximum absolute atomic E-state index is 11.5. The van der Waals surface area contributed by atoms with Crippen LogP contribution >= 0.6 is 11.3 Å². The third-order valence-corrected chi connectivity index (χ3v) is 5.05. The van der Waals surface area contributed by atoms with Crippen LogP contribution in [0.5, 0.6) is 0 Å². The van der Waals surface area contributed by atoms with E-state index in [9.17, 15) is 4.79 Å². The van der Waals surface area contributed by atoms with Crippen molar-refractivity contribution in [1.82, 2.24) is 20.0 Å². The second-order valence-corrected chi connectivity index (χ2v) is 7.51. The molecule has 7 heteroatoms. The number of nitrogens with zero attached hydrogens (tertiary/aromatic N) is 3. The fourth-order valence-electron chi connectivity index (χ4n) is 2.97. The normalized spacial score (nSPS) is 15.1. The zero-order valence-corrected chi connectivity index (χ0v) is 15.1. The number of nitrogens with one attached hydrogen (secondary N) is 1. The molecule has 0 saturated carbocycles. The molecule has 1 N–H and O–H groups in total. The number of aryl methyl sites for hydroxylation is 2. The zero-order valence-electron chi connectivity index (χ0n) is 14.2. The van der Waals surface area contributed by atoms with Gasteiger partial charge in [-0.1, -0.05) is 0 Å². The summed E-state index contributed by atoms with van der Waals surface area (Å²) >= 11 is 1.87. The van der Waals surface area contributed by atoms with Crippen LogP contribution in [0.1, 0.15) is 27.6 Å². The zero-order chi connectivity index (χ0) is 16.9. The number of carbonyl (C=O) groups is 1. The van der Waals surface area contributed by atoms with Crippen molar-refractivity contribution >= 4 is 17.2 Å².